The minimum Gasteiger partial charge on any atom is -0.330 e. The Morgan fingerprint density at radius 1 is 1.19 bits per heavy atom. The quantitative estimate of drug-likeness (QED) is 0.538. The fourth-order valence-electron chi connectivity index (χ4n) is 4.83. The van der Waals surface area contributed by atoms with Crippen molar-refractivity contribution in [2.24, 2.45) is 12.8 Å². The van der Waals surface area contributed by atoms with Gasteiger partial charge >= 0.3 is 0 Å². The molecule has 3 heterocycles. The van der Waals surface area contributed by atoms with Crippen molar-refractivity contribution in [3.8, 4) is 11.4 Å². The summed E-state index contributed by atoms with van der Waals surface area (Å²) in [4.78, 5) is 31.4. The van der Waals surface area contributed by atoms with Gasteiger partial charge in [-0.3, -0.25) is 9.59 Å². The highest BCUT2D eigenvalue weighted by Crippen LogP contribution is 2.38. The second-order valence-electron chi connectivity index (χ2n) is 8.18. The van der Waals surface area contributed by atoms with Crippen molar-refractivity contribution in [2.75, 3.05) is 18.4 Å². The maximum Gasteiger partial charge on any atom is 0.247 e. The molecule has 1 fully saturated rings. The van der Waals surface area contributed by atoms with E-state index in [-0.39, 0.29) is 18.4 Å². The first-order valence-corrected chi connectivity index (χ1v) is 10.6. The zero-order valence-corrected chi connectivity index (χ0v) is 17.7. The molecule has 7 heteroatoms. The fourth-order valence-corrected chi connectivity index (χ4v) is 4.83. The molecule has 31 heavy (non-hydrogen) atoms. The van der Waals surface area contributed by atoms with Crippen LogP contribution in [0.3, 0.4) is 0 Å². The van der Waals surface area contributed by atoms with E-state index in [1.807, 2.05) is 37.4 Å². The van der Waals surface area contributed by atoms with Crippen LogP contribution in [0.1, 0.15) is 18.4 Å². The lowest BCUT2D eigenvalue weighted by Crippen LogP contribution is -2.45. The molecule has 2 aromatic carbocycles. The standard InChI is InChI=1S/C24H25N5O2/c1-14-16-6-3-4-7-19(16)28(2)23-22(14)17-12-15(9-10-18(17)27-23)26-24(31)20-8-5-11-29(20)21(30)13-25/h3-4,6-7,9-10,12,20H,5,8,11,13,25H2,1-2H3,(H,26,31)/t20-/m0/s1. The Morgan fingerprint density at radius 2 is 2.00 bits per heavy atom. The number of nitrogens with one attached hydrogen (secondary N) is 1. The number of hydrogen-bond acceptors (Lipinski definition) is 4. The van der Waals surface area contributed by atoms with Gasteiger partial charge in [0.25, 0.3) is 0 Å². The van der Waals surface area contributed by atoms with Gasteiger partial charge in [0.2, 0.25) is 11.8 Å². The maximum absolute atomic E-state index is 12.9. The number of nitrogens with two attached hydrogens (primary N) is 1. The highest BCUT2D eigenvalue weighted by molar-refractivity contribution is 6.06. The first kappa shape index (κ1) is 19.5. The lowest BCUT2D eigenvalue weighted by molar-refractivity contribution is -0.135. The van der Waals surface area contributed by atoms with Gasteiger partial charge in [0.1, 0.15) is 11.9 Å². The largest absolute Gasteiger partial charge is 0.330 e. The molecule has 3 N–H and O–H groups in total. The smallest absolute Gasteiger partial charge is 0.247 e. The number of amides is 2. The van der Waals surface area contributed by atoms with Crippen molar-refractivity contribution in [2.45, 2.75) is 25.8 Å². The van der Waals surface area contributed by atoms with Gasteiger partial charge in [0.15, 0.2) is 0 Å². The van der Waals surface area contributed by atoms with E-state index in [1.54, 1.807) is 4.90 Å². The fraction of sp³-hybridized carbons (Fsp3) is 0.292. The van der Waals surface area contributed by atoms with Crippen LogP contribution in [0.5, 0.6) is 0 Å². The molecule has 3 aliphatic heterocycles. The molecule has 158 valence electrons. The van der Waals surface area contributed by atoms with E-state index in [1.165, 1.54) is 10.9 Å². The number of carbonyl (C=O) groups excluding carboxylic acids is 2. The summed E-state index contributed by atoms with van der Waals surface area (Å²) in [6.45, 7) is 2.62. The van der Waals surface area contributed by atoms with E-state index < -0.39 is 6.04 Å². The summed E-state index contributed by atoms with van der Waals surface area (Å²) in [6, 6.07) is 13.6. The third-order valence-electron chi connectivity index (χ3n) is 6.40. The predicted molar refractivity (Wildman–Crippen MR) is 122 cm³/mol. The molecular weight excluding hydrogens is 390 g/mol. The van der Waals surface area contributed by atoms with Gasteiger partial charge in [-0.25, -0.2) is 4.98 Å². The number of likely N-dealkylation sites (tertiary alicyclic amines) is 1. The third-order valence-corrected chi connectivity index (χ3v) is 6.40. The summed E-state index contributed by atoms with van der Waals surface area (Å²) in [5.74, 6) is 0.565. The number of aromatic nitrogens is 2. The molecular formula is C24H25N5O2. The lowest BCUT2D eigenvalue weighted by atomic mass is 10.00. The van der Waals surface area contributed by atoms with Crippen LogP contribution in [-0.4, -0.2) is 45.4 Å². The maximum atomic E-state index is 12.9. The number of para-hydroxylation sites is 1. The Kier molecular flexibility index (Phi) is 4.63. The Labute approximate surface area is 180 Å². The number of fused-ring (bicyclic) bond motifs is 4. The molecule has 0 saturated carbocycles. The van der Waals surface area contributed by atoms with Crippen molar-refractivity contribution >= 4 is 39.3 Å². The molecule has 5 rings (SSSR count). The molecule has 0 aromatic heterocycles. The first-order chi connectivity index (χ1) is 15.0. The zero-order valence-electron chi connectivity index (χ0n) is 17.7. The van der Waals surface area contributed by atoms with E-state index in [0.29, 0.717) is 18.7 Å². The second-order valence-corrected chi connectivity index (χ2v) is 8.18. The van der Waals surface area contributed by atoms with Gasteiger partial charge in [-0.2, -0.15) is 0 Å². The van der Waals surface area contributed by atoms with E-state index in [2.05, 4.69) is 28.9 Å². The van der Waals surface area contributed by atoms with E-state index >= 15 is 0 Å². The van der Waals surface area contributed by atoms with Gasteiger partial charge in [-0.05, 0) is 49.6 Å². The van der Waals surface area contributed by atoms with Crippen molar-refractivity contribution in [1.82, 2.24) is 14.5 Å². The average molecular weight is 415 g/mol. The summed E-state index contributed by atoms with van der Waals surface area (Å²) in [5.41, 5.74) is 10.5. The molecule has 0 bridgehead atoms. The number of aryl methyl sites for hydroxylation is 2. The van der Waals surface area contributed by atoms with Gasteiger partial charge in [-0.1, -0.05) is 18.2 Å². The Bertz CT molecular complexity index is 1310. The Morgan fingerprint density at radius 3 is 2.81 bits per heavy atom. The van der Waals surface area contributed by atoms with Crippen molar-refractivity contribution in [1.29, 1.82) is 0 Å². The molecule has 1 atom stereocenters. The van der Waals surface area contributed by atoms with Crippen molar-refractivity contribution < 1.29 is 9.59 Å². The normalized spacial score (nSPS) is 16.5. The van der Waals surface area contributed by atoms with E-state index in [9.17, 15) is 9.59 Å². The number of nitrogens with zero attached hydrogens (tertiary/aromatic N) is 3. The summed E-state index contributed by atoms with van der Waals surface area (Å²) >= 11 is 0. The molecule has 0 radical (unpaired) electrons. The van der Waals surface area contributed by atoms with Gasteiger partial charge in [0, 0.05) is 41.1 Å². The van der Waals surface area contributed by atoms with Gasteiger partial charge < -0.3 is 20.5 Å². The predicted octanol–water partition coefficient (Wildman–Crippen LogP) is 3.03. The lowest BCUT2D eigenvalue weighted by Gasteiger charge is -2.23. The first-order valence-electron chi connectivity index (χ1n) is 10.6. The number of pyridine rings is 1. The monoisotopic (exact) mass is 415 g/mol. The number of anilines is 1. The molecule has 3 aliphatic rings. The zero-order chi connectivity index (χ0) is 21.7. The van der Waals surface area contributed by atoms with Crippen molar-refractivity contribution in [3.05, 3.63) is 48.0 Å². The molecule has 0 unspecified atom stereocenters. The molecule has 0 aliphatic carbocycles. The summed E-state index contributed by atoms with van der Waals surface area (Å²) < 4.78 is 2.12. The van der Waals surface area contributed by atoms with Gasteiger partial charge in [-0.15, -0.1) is 0 Å². The van der Waals surface area contributed by atoms with Gasteiger partial charge in [0.05, 0.1) is 12.1 Å². The summed E-state index contributed by atoms with van der Waals surface area (Å²) in [5, 5.41) is 5.19. The molecule has 1 saturated heterocycles. The van der Waals surface area contributed by atoms with Crippen LogP contribution in [0, 0.1) is 6.92 Å². The molecule has 2 amide bonds. The van der Waals surface area contributed by atoms with Crippen molar-refractivity contribution in [3.63, 3.8) is 0 Å². The van der Waals surface area contributed by atoms with Crippen LogP contribution in [-0.2, 0) is 16.6 Å². The number of rotatable bonds is 3. The number of hydrogen-bond donors (Lipinski definition) is 2. The third kappa shape index (κ3) is 3.04. The van der Waals surface area contributed by atoms with E-state index in [0.717, 1.165) is 34.2 Å². The minimum absolute atomic E-state index is 0.0782. The number of benzene rings is 2. The molecule has 7 nitrogen and oxygen atoms in total. The molecule has 2 aromatic rings. The highest BCUT2D eigenvalue weighted by atomic mass is 16.2. The Hall–Kier alpha value is -3.45. The van der Waals surface area contributed by atoms with Crippen LogP contribution in [0.25, 0.3) is 33.2 Å². The van der Waals surface area contributed by atoms with Crippen LogP contribution in [0.2, 0.25) is 0 Å². The van der Waals surface area contributed by atoms with Crippen LogP contribution < -0.4 is 11.1 Å². The molecule has 0 spiro atoms. The topological polar surface area (TPSA) is 93.2 Å². The Balaban J connectivity index is 1.55. The van der Waals surface area contributed by atoms with E-state index in [4.69, 9.17) is 10.7 Å². The van der Waals surface area contributed by atoms with Crippen LogP contribution >= 0.6 is 0 Å². The SMILES string of the molecule is Cc1c2c3cc(NC(=O)[C@@H]4CCCN4C(=O)CN)ccc3nc-2n(C)c2ccccc12. The van der Waals surface area contributed by atoms with Crippen LogP contribution in [0.15, 0.2) is 42.5 Å². The minimum atomic E-state index is -0.468. The highest BCUT2D eigenvalue weighted by Gasteiger charge is 2.33. The second kappa shape index (κ2) is 7.35. The number of carbonyl (C=O) groups is 2. The van der Waals surface area contributed by atoms with Crippen LogP contribution in [0.4, 0.5) is 5.69 Å². The average Bonchev–Trinajstić information content (AvgIpc) is 3.42. The summed E-state index contributed by atoms with van der Waals surface area (Å²) in [7, 11) is 2.03. The summed E-state index contributed by atoms with van der Waals surface area (Å²) in [6.07, 6.45) is 1.46.